The van der Waals surface area contributed by atoms with Crippen LogP contribution in [0.2, 0.25) is 5.02 Å². The van der Waals surface area contributed by atoms with Crippen LogP contribution in [-0.2, 0) is 0 Å². The molecule has 3 N–H and O–H groups in total. The van der Waals surface area contributed by atoms with Gasteiger partial charge in [0.15, 0.2) is 0 Å². The number of rotatable bonds is 4. The molecule has 0 amide bonds. The first-order valence-corrected chi connectivity index (χ1v) is 7.61. The molecule has 1 aromatic heterocycles. The molecule has 0 aliphatic carbocycles. The Morgan fingerprint density at radius 1 is 1.39 bits per heavy atom. The zero-order valence-corrected chi connectivity index (χ0v) is 13.1. The minimum Gasteiger partial charge on any atom is -0.376 e. The number of anilines is 1. The van der Waals surface area contributed by atoms with Gasteiger partial charge in [0.2, 0.25) is 0 Å². The van der Waals surface area contributed by atoms with E-state index in [1.807, 2.05) is 17.5 Å². The lowest BCUT2D eigenvalue weighted by atomic mass is 10.2. The second kappa shape index (κ2) is 6.06. The van der Waals surface area contributed by atoms with Crippen molar-refractivity contribution in [2.75, 3.05) is 11.9 Å². The second-order valence-electron chi connectivity index (χ2n) is 4.12. The number of halogens is 2. The van der Waals surface area contributed by atoms with E-state index in [1.165, 1.54) is 5.56 Å². The number of aryl methyl sites for hydroxylation is 1. The summed E-state index contributed by atoms with van der Waals surface area (Å²) in [6.45, 7) is 2.60. The van der Waals surface area contributed by atoms with Crippen molar-refractivity contribution in [1.29, 1.82) is 0 Å². The van der Waals surface area contributed by atoms with Crippen LogP contribution < -0.4 is 11.1 Å². The predicted molar refractivity (Wildman–Crippen MR) is 83.6 cm³/mol. The van der Waals surface area contributed by atoms with Crippen molar-refractivity contribution in [3.05, 3.63) is 49.6 Å². The SMILES string of the molecule is Cc1cc(Br)cc(NC(CN)c2cc(Cl)cs2)c1. The molecule has 2 aromatic rings. The fourth-order valence-corrected chi connectivity index (χ4v) is 3.53. The summed E-state index contributed by atoms with van der Waals surface area (Å²) >= 11 is 11.1. The Bertz CT molecular complexity index is 521. The molecule has 2 nitrogen and oxygen atoms in total. The smallest absolute Gasteiger partial charge is 0.0729 e. The van der Waals surface area contributed by atoms with E-state index in [9.17, 15) is 0 Å². The van der Waals surface area contributed by atoms with Crippen molar-refractivity contribution in [2.24, 2.45) is 5.73 Å². The van der Waals surface area contributed by atoms with E-state index in [0.717, 1.165) is 20.1 Å². The quantitative estimate of drug-likeness (QED) is 0.851. The monoisotopic (exact) mass is 344 g/mol. The van der Waals surface area contributed by atoms with Crippen LogP contribution in [0.15, 0.2) is 34.1 Å². The fraction of sp³-hybridized carbons (Fsp3) is 0.231. The van der Waals surface area contributed by atoms with Crippen LogP contribution in [0.25, 0.3) is 0 Å². The highest BCUT2D eigenvalue weighted by Gasteiger charge is 2.12. The summed E-state index contributed by atoms with van der Waals surface area (Å²) < 4.78 is 1.06. The Morgan fingerprint density at radius 3 is 2.72 bits per heavy atom. The van der Waals surface area contributed by atoms with Crippen LogP contribution in [0.5, 0.6) is 0 Å². The van der Waals surface area contributed by atoms with Gasteiger partial charge in [-0.25, -0.2) is 0 Å². The molecule has 0 fully saturated rings. The van der Waals surface area contributed by atoms with Crippen molar-refractivity contribution in [3.8, 4) is 0 Å². The highest BCUT2D eigenvalue weighted by atomic mass is 79.9. The standard InChI is InChI=1S/C13H14BrClN2S/c1-8-2-9(14)4-11(3-8)17-12(6-16)13-5-10(15)7-18-13/h2-5,7,12,17H,6,16H2,1H3. The molecule has 0 saturated carbocycles. The van der Waals surface area contributed by atoms with E-state index < -0.39 is 0 Å². The maximum Gasteiger partial charge on any atom is 0.0729 e. The first-order chi connectivity index (χ1) is 8.58. The molecule has 1 unspecified atom stereocenters. The summed E-state index contributed by atoms with van der Waals surface area (Å²) in [6.07, 6.45) is 0. The van der Waals surface area contributed by atoms with E-state index >= 15 is 0 Å². The Kier molecular flexibility index (Phi) is 4.67. The van der Waals surface area contributed by atoms with Crippen LogP contribution in [0, 0.1) is 6.92 Å². The minimum atomic E-state index is 0.0937. The third-order valence-electron chi connectivity index (χ3n) is 2.55. The summed E-state index contributed by atoms with van der Waals surface area (Å²) in [5, 5.41) is 6.13. The number of nitrogens with two attached hydrogens (primary N) is 1. The molecule has 0 aliphatic rings. The van der Waals surface area contributed by atoms with Gasteiger partial charge in [0.25, 0.3) is 0 Å². The molecule has 0 bridgehead atoms. The largest absolute Gasteiger partial charge is 0.376 e. The van der Waals surface area contributed by atoms with Crippen LogP contribution in [0.4, 0.5) is 5.69 Å². The maximum atomic E-state index is 5.95. The lowest BCUT2D eigenvalue weighted by molar-refractivity contribution is 0.805. The van der Waals surface area contributed by atoms with Gasteiger partial charge in [-0.05, 0) is 36.8 Å². The van der Waals surface area contributed by atoms with E-state index in [-0.39, 0.29) is 6.04 Å². The van der Waals surface area contributed by atoms with Gasteiger partial charge in [0.1, 0.15) is 0 Å². The zero-order chi connectivity index (χ0) is 13.1. The van der Waals surface area contributed by atoms with Crippen LogP contribution >= 0.6 is 38.9 Å². The first kappa shape index (κ1) is 13.9. The van der Waals surface area contributed by atoms with Crippen molar-refractivity contribution in [1.82, 2.24) is 0 Å². The van der Waals surface area contributed by atoms with Crippen molar-refractivity contribution in [2.45, 2.75) is 13.0 Å². The molecule has 1 heterocycles. The topological polar surface area (TPSA) is 38.0 Å². The van der Waals surface area contributed by atoms with Gasteiger partial charge in [-0.3, -0.25) is 0 Å². The number of hydrogen-bond donors (Lipinski definition) is 2. The van der Waals surface area contributed by atoms with Gasteiger partial charge >= 0.3 is 0 Å². The lowest BCUT2D eigenvalue weighted by Gasteiger charge is -2.17. The molecule has 1 atom stereocenters. The summed E-state index contributed by atoms with van der Waals surface area (Å²) in [5.74, 6) is 0. The summed E-state index contributed by atoms with van der Waals surface area (Å²) in [4.78, 5) is 1.15. The Labute approximate surface area is 124 Å². The van der Waals surface area contributed by atoms with Crippen molar-refractivity contribution in [3.63, 3.8) is 0 Å². The number of hydrogen-bond acceptors (Lipinski definition) is 3. The normalized spacial score (nSPS) is 12.4. The van der Waals surface area contributed by atoms with Gasteiger partial charge < -0.3 is 11.1 Å². The van der Waals surface area contributed by atoms with Crippen LogP contribution in [0.3, 0.4) is 0 Å². The van der Waals surface area contributed by atoms with Crippen molar-refractivity contribution < 1.29 is 0 Å². The molecule has 18 heavy (non-hydrogen) atoms. The van der Waals surface area contributed by atoms with E-state index in [1.54, 1.807) is 11.3 Å². The number of benzene rings is 1. The fourth-order valence-electron chi connectivity index (χ4n) is 1.78. The van der Waals surface area contributed by atoms with Crippen LogP contribution in [0.1, 0.15) is 16.5 Å². The molecule has 5 heteroatoms. The van der Waals surface area contributed by atoms with Gasteiger partial charge in [-0.1, -0.05) is 27.5 Å². The zero-order valence-electron chi connectivity index (χ0n) is 9.91. The molecule has 2 rings (SSSR count). The third-order valence-corrected chi connectivity index (χ3v) is 4.40. The van der Waals surface area contributed by atoms with E-state index in [2.05, 4.69) is 40.3 Å². The van der Waals surface area contributed by atoms with Gasteiger partial charge in [0, 0.05) is 27.0 Å². The van der Waals surface area contributed by atoms with Crippen LogP contribution in [-0.4, -0.2) is 6.54 Å². The molecular formula is C13H14BrClN2S. The molecule has 1 aromatic carbocycles. The highest BCUT2D eigenvalue weighted by molar-refractivity contribution is 9.10. The average molecular weight is 346 g/mol. The molecular weight excluding hydrogens is 332 g/mol. The summed E-state index contributed by atoms with van der Waals surface area (Å²) in [6, 6.07) is 8.27. The Morgan fingerprint density at radius 2 is 2.17 bits per heavy atom. The second-order valence-corrected chi connectivity index (χ2v) is 6.41. The molecule has 96 valence electrons. The Balaban J connectivity index is 2.20. The minimum absolute atomic E-state index is 0.0937. The number of nitrogens with one attached hydrogen (secondary N) is 1. The molecule has 0 spiro atoms. The highest BCUT2D eigenvalue weighted by Crippen LogP contribution is 2.28. The summed E-state index contributed by atoms with van der Waals surface area (Å²) in [5.41, 5.74) is 8.09. The summed E-state index contributed by atoms with van der Waals surface area (Å²) in [7, 11) is 0. The lowest BCUT2D eigenvalue weighted by Crippen LogP contribution is -2.19. The number of thiophene rings is 1. The predicted octanol–water partition coefficient (Wildman–Crippen LogP) is 4.58. The average Bonchev–Trinajstić information content (AvgIpc) is 2.71. The van der Waals surface area contributed by atoms with Crippen molar-refractivity contribution >= 4 is 44.6 Å². The molecule has 0 saturated heterocycles. The maximum absolute atomic E-state index is 5.95. The molecule has 0 radical (unpaired) electrons. The first-order valence-electron chi connectivity index (χ1n) is 5.56. The van der Waals surface area contributed by atoms with E-state index in [0.29, 0.717) is 6.54 Å². The van der Waals surface area contributed by atoms with Gasteiger partial charge in [-0.2, -0.15) is 0 Å². The van der Waals surface area contributed by atoms with E-state index in [4.69, 9.17) is 17.3 Å². The van der Waals surface area contributed by atoms with Gasteiger partial charge in [0.05, 0.1) is 11.1 Å². The Hall–Kier alpha value is -0.550. The molecule has 0 aliphatic heterocycles. The third kappa shape index (κ3) is 3.48. The van der Waals surface area contributed by atoms with Gasteiger partial charge in [-0.15, -0.1) is 11.3 Å².